The number of pyridine rings is 1. The third-order valence-electron chi connectivity index (χ3n) is 7.14. The predicted molar refractivity (Wildman–Crippen MR) is 139 cm³/mol. The van der Waals surface area contributed by atoms with Crippen molar-refractivity contribution in [3.63, 3.8) is 0 Å². The highest BCUT2D eigenvalue weighted by molar-refractivity contribution is 6.06. The summed E-state index contributed by atoms with van der Waals surface area (Å²) in [5, 5.41) is 10.1. The van der Waals surface area contributed by atoms with Gasteiger partial charge >= 0.3 is 6.18 Å². The number of carbonyl (C=O) groups is 1. The second kappa shape index (κ2) is 10.1. The zero-order chi connectivity index (χ0) is 27.0. The minimum atomic E-state index is -4.75. The number of piperidine rings is 1. The van der Waals surface area contributed by atoms with Crippen LogP contribution in [0.15, 0.2) is 54.7 Å². The van der Waals surface area contributed by atoms with Crippen LogP contribution >= 0.6 is 0 Å². The number of rotatable bonds is 6. The maximum absolute atomic E-state index is 13.1. The van der Waals surface area contributed by atoms with Gasteiger partial charge < -0.3 is 19.9 Å². The number of anilines is 1. The summed E-state index contributed by atoms with van der Waals surface area (Å²) in [4.78, 5) is 21.8. The molecule has 0 radical (unpaired) electrons. The first-order valence-corrected chi connectivity index (χ1v) is 12.4. The average molecular weight is 524 g/mol. The Morgan fingerprint density at radius 1 is 1.08 bits per heavy atom. The maximum Gasteiger partial charge on any atom is 0.433 e. The van der Waals surface area contributed by atoms with E-state index in [1.165, 1.54) is 25.2 Å². The minimum absolute atomic E-state index is 0.0773. The molecular formula is C28H28F3N5O2. The SMILES string of the molecule is CNc1cc(Oc2ccnc(-c3ccc4c(c3)CN(C3CCN(C)CC3)C4=O)c2)ccc1C(=N)C(F)(F)F. The topological polar surface area (TPSA) is 81.6 Å². The molecule has 0 saturated carbocycles. The number of benzene rings is 2. The first-order chi connectivity index (χ1) is 18.1. The van der Waals surface area contributed by atoms with E-state index in [1.54, 1.807) is 18.3 Å². The third kappa shape index (κ3) is 5.08. The van der Waals surface area contributed by atoms with E-state index in [9.17, 15) is 18.0 Å². The van der Waals surface area contributed by atoms with Crippen molar-refractivity contribution in [2.45, 2.75) is 31.6 Å². The molecule has 2 N–H and O–H groups in total. The Hall–Kier alpha value is -3.92. The van der Waals surface area contributed by atoms with Crippen molar-refractivity contribution in [2.24, 2.45) is 0 Å². The Bertz CT molecular complexity index is 1380. The quantitative estimate of drug-likeness (QED) is 0.414. The minimum Gasteiger partial charge on any atom is -0.457 e. The van der Waals surface area contributed by atoms with E-state index in [0.717, 1.165) is 42.6 Å². The Morgan fingerprint density at radius 3 is 2.53 bits per heavy atom. The van der Waals surface area contributed by atoms with E-state index in [4.69, 9.17) is 10.1 Å². The fourth-order valence-corrected chi connectivity index (χ4v) is 5.04. The van der Waals surface area contributed by atoms with Crippen molar-refractivity contribution in [3.8, 4) is 22.8 Å². The molecule has 38 heavy (non-hydrogen) atoms. The summed E-state index contributed by atoms with van der Waals surface area (Å²) >= 11 is 0. The van der Waals surface area contributed by atoms with Crippen molar-refractivity contribution in [1.82, 2.24) is 14.8 Å². The normalized spacial score (nSPS) is 16.4. The summed E-state index contributed by atoms with van der Waals surface area (Å²) in [5.41, 5.74) is 1.65. The summed E-state index contributed by atoms with van der Waals surface area (Å²) in [5.74, 6) is 0.854. The Kier molecular flexibility index (Phi) is 6.83. The predicted octanol–water partition coefficient (Wildman–Crippen LogP) is 5.56. The molecule has 1 aromatic heterocycles. The fraction of sp³-hybridized carbons (Fsp3) is 0.321. The summed E-state index contributed by atoms with van der Waals surface area (Å²) in [6, 6.07) is 13.4. The van der Waals surface area contributed by atoms with E-state index < -0.39 is 11.9 Å². The zero-order valence-electron chi connectivity index (χ0n) is 21.1. The number of carbonyl (C=O) groups excluding carboxylic acids is 1. The van der Waals surface area contributed by atoms with Crippen LogP contribution in [0.2, 0.25) is 0 Å². The first-order valence-electron chi connectivity index (χ1n) is 12.4. The van der Waals surface area contributed by atoms with Crippen molar-refractivity contribution in [1.29, 1.82) is 5.41 Å². The van der Waals surface area contributed by atoms with E-state index in [1.807, 2.05) is 23.1 Å². The van der Waals surface area contributed by atoms with Crippen molar-refractivity contribution in [3.05, 3.63) is 71.4 Å². The summed E-state index contributed by atoms with van der Waals surface area (Å²) in [6.45, 7) is 2.55. The Balaban J connectivity index is 1.34. The molecule has 3 heterocycles. The van der Waals surface area contributed by atoms with Crippen LogP contribution in [0, 0.1) is 5.41 Å². The highest BCUT2D eigenvalue weighted by atomic mass is 19.4. The van der Waals surface area contributed by atoms with Crippen molar-refractivity contribution >= 4 is 17.3 Å². The van der Waals surface area contributed by atoms with E-state index >= 15 is 0 Å². The molecule has 2 aliphatic rings. The molecule has 0 atom stereocenters. The molecule has 0 bridgehead atoms. The van der Waals surface area contributed by atoms with Gasteiger partial charge in [-0.3, -0.25) is 15.2 Å². The lowest BCUT2D eigenvalue weighted by molar-refractivity contribution is -0.0587. The van der Waals surface area contributed by atoms with Gasteiger partial charge in [0.1, 0.15) is 17.2 Å². The van der Waals surface area contributed by atoms with Gasteiger partial charge in [0.2, 0.25) is 0 Å². The molecule has 5 rings (SSSR count). The third-order valence-corrected chi connectivity index (χ3v) is 7.14. The second-order valence-electron chi connectivity index (χ2n) is 9.65. The highest BCUT2D eigenvalue weighted by Gasteiger charge is 2.37. The van der Waals surface area contributed by atoms with Gasteiger partial charge in [-0.05, 0) is 68.9 Å². The van der Waals surface area contributed by atoms with Gasteiger partial charge in [0, 0.05) is 60.3 Å². The number of aromatic nitrogens is 1. The lowest BCUT2D eigenvalue weighted by Crippen LogP contribution is -2.43. The largest absolute Gasteiger partial charge is 0.457 e. The standard InChI is InChI=1S/C28H28F3N5O2/c1-33-25-15-20(4-6-23(25)26(32)28(29,30)31)38-21-7-10-34-24(14-21)17-3-5-22-18(13-17)16-36(27(22)37)19-8-11-35(2)12-9-19/h3-7,10,13-15,19,32-33H,8-9,11-12,16H2,1-2H3. The number of fused-ring (bicyclic) bond motifs is 1. The van der Waals surface area contributed by atoms with Crippen LogP contribution in [0.25, 0.3) is 11.3 Å². The molecule has 2 aliphatic heterocycles. The lowest BCUT2D eigenvalue weighted by Gasteiger charge is -2.34. The van der Waals surface area contributed by atoms with Gasteiger partial charge in [-0.25, -0.2) is 0 Å². The monoisotopic (exact) mass is 523 g/mol. The lowest BCUT2D eigenvalue weighted by atomic mass is 10.0. The molecule has 0 spiro atoms. The number of alkyl halides is 3. The van der Waals surface area contributed by atoms with Crippen LogP contribution in [0.3, 0.4) is 0 Å². The molecule has 198 valence electrons. The molecule has 0 aliphatic carbocycles. The van der Waals surface area contributed by atoms with Crippen molar-refractivity contribution in [2.75, 3.05) is 32.5 Å². The van der Waals surface area contributed by atoms with Gasteiger partial charge in [0.15, 0.2) is 0 Å². The average Bonchev–Trinajstić information content (AvgIpc) is 3.24. The molecule has 10 heteroatoms. The summed E-state index contributed by atoms with van der Waals surface area (Å²) in [7, 11) is 3.59. The molecule has 1 saturated heterocycles. The summed E-state index contributed by atoms with van der Waals surface area (Å²) < 4.78 is 45.0. The van der Waals surface area contributed by atoms with Crippen LogP contribution in [-0.4, -0.2) is 65.8 Å². The van der Waals surface area contributed by atoms with Gasteiger partial charge in [-0.1, -0.05) is 6.07 Å². The maximum atomic E-state index is 13.1. The number of hydrogen-bond donors (Lipinski definition) is 2. The second-order valence-corrected chi connectivity index (χ2v) is 9.65. The summed E-state index contributed by atoms with van der Waals surface area (Å²) in [6.07, 6.45) is -1.21. The number of nitrogens with zero attached hydrogens (tertiary/aromatic N) is 3. The molecule has 1 amide bonds. The number of hydrogen-bond acceptors (Lipinski definition) is 6. The van der Waals surface area contributed by atoms with E-state index in [0.29, 0.717) is 23.7 Å². The van der Waals surface area contributed by atoms with Crippen LogP contribution in [-0.2, 0) is 6.54 Å². The van der Waals surface area contributed by atoms with Crippen molar-refractivity contribution < 1.29 is 22.7 Å². The van der Waals surface area contributed by atoms with Crippen LogP contribution in [0.5, 0.6) is 11.5 Å². The fourth-order valence-electron chi connectivity index (χ4n) is 5.04. The number of ether oxygens (including phenoxy) is 1. The Morgan fingerprint density at radius 2 is 1.82 bits per heavy atom. The smallest absolute Gasteiger partial charge is 0.433 e. The molecule has 0 unspecified atom stereocenters. The van der Waals surface area contributed by atoms with Gasteiger partial charge in [-0.2, -0.15) is 13.2 Å². The number of amides is 1. The number of halogens is 3. The first kappa shape index (κ1) is 25.7. The molecule has 3 aromatic rings. The molecular weight excluding hydrogens is 495 g/mol. The van der Waals surface area contributed by atoms with E-state index in [-0.39, 0.29) is 23.2 Å². The van der Waals surface area contributed by atoms with Gasteiger partial charge in [0.05, 0.1) is 5.69 Å². The number of nitrogens with one attached hydrogen (secondary N) is 2. The van der Waals surface area contributed by atoms with Crippen LogP contribution in [0.1, 0.15) is 34.3 Å². The highest BCUT2D eigenvalue weighted by Crippen LogP contribution is 2.34. The molecule has 2 aromatic carbocycles. The zero-order valence-corrected chi connectivity index (χ0v) is 21.1. The Labute approximate surface area is 218 Å². The van der Waals surface area contributed by atoms with E-state index in [2.05, 4.69) is 22.2 Å². The molecule has 1 fully saturated rings. The van der Waals surface area contributed by atoms with Crippen LogP contribution in [0.4, 0.5) is 18.9 Å². The molecule has 7 nitrogen and oxygen atoms in total. The van der Waals surface area contributed by atoms with Gasteiger partial charge in [0.25, 0.3) is 5.91 Å². The van der Waals surface area contributed by atoms with Crippen LogP contribution < -0.4 is 10.1 Å². The van der Waals surface area contributed by atoms with Gasteiger partial charge in [-0.15, -0.1) is 0 Å². The number of likely N-dealkylation sites (tertiary alicyclic amines) is 1.